The molecule has 0 radical (unpaired) electrons. The number of hydrogen-bond donors (Lipinski definition) is 1. The fourth-order valence-electron chi connectivity index (χ4n) is 3.03. The Morgan fingerprint density at radius 2 is 1.93 bits per heavy atom. The number of rotatable bonds is 9. The number of benzene rings is 1. The highest BCUT2D eigenvalue weighted by atomic mass is 16.3. The van der Waals surface area contributed by atoms with Crippen molar-refractivity contribution in [2.45, 2.75) is 46.3 Å². The Balaban J connectivity index is 1.56. The summed E-state index contributed by atoms with van der Waals surface area (Å²) in [5, 5.41) is 2.87. The van der Waals surface area contributed by atoms with E-state index in [9.17, 15) is 4.79 Å². The number of nitrogens with zero attached hydrogens (tertiary/aromatic N) is 3. The molecule has 2 heterocycles. The van der Waals surface area contributed by atoms with Crippen LogP contribution in [0.4, 0.5) is 0 Å². The number of aryl methyl sites for hydroxylation is 1. The third-order valence-electron chi connectivity index (χ3n) is 4.88. The maximum Gasteiger partial charge on any atom is 0.273 e. The summed E-state index contributed by atoms with van der Waals surface area (Å²) in [5.74, 6) is 0.313. The van der Waals surface area contributed by atoms with Crippen molar-refractivity contribution in [3.63, 3.8) is 0 Å². The van der Waals surface area contributed by atoms with Gasteiger partial charge in [-0.3, -0.25) is 14.7 Å². The first kappa shape index (κ1) is 20.7. The molecular formula is C23H28N4O2. The summed E-state index contributed by atoms with van der Waals surface area (Å²) >= 11 is 0. The Hall–Kier alpha value is -2.99. The Bertz CT molecular complexity index is 921. The van der Waals surface area contributed by atoms with E-state index in [1.807, 2.05) is 24.3 Å². The van der Waals surface area contributed by atoms with Crippen LogP contribution in [-0.4, -0.2) is 33.4 Å². The molecule has 2 aromatic heterocycles. The minimum absolute atomic E-state index is 0.231. The largest absolute Gasteiger partial charge is 0.447 e. The van der Waals surface area contributed by atoms with Gasteiger partial charge in [0.15, 0.2) is 5.69 Å². The number of amides is 1. The molecule has 0 aliphatic carbocycles. The zero-order valence-electron chi connectivity index (χ0n) is 17.3. The molecule has 0 aliphatic heterocycles. The highest BCUT2D eigenvalue weighted by Crippen LogP contribution is 2.16. The van der Waals surface area contributed by atoms with Crippen molar-refractivity contribution in [3.8, 4) is 0 Å². The Morgan fingerprint density at radius 1 is 1.14 bits per heavy atom. The first-order valence-electron chi connectivity index (χ1n) is 9.94. The number of aromatic nitrogens is 2. The summed E-state index contributed by atoms with van der Waals surface area (Å²) < 4.78 is 5.57. The molecule has 0 saturated carbocycles. The lowest BCUT2D eigenvalue weighted by molar-refractivity contribution is 0.0949. The van der Waals surface area contributed by atoms with E-state index in [0.29, 0.717) is 37.1 Å². The van der Waals surface area contributed by atoms with Crippen molar-refractivity contribution in [3.05, 3.63) is 83.3 Å². The van der Waals surface area contributed by atoms with Crippen LogP contribution < -0.4 is 5.32 Å². The van der Waals surface area contributed by atoms with Gasteiger partial charge < -0.3 is 9.73 Å². The topological polar surface area (TPSA) is 71.3 Å². The van der Waals surface area contributed by atoms with Crippen LogP contribution in [-0.2, 0) is 19.5 Å². The summed E-state index contributed by atoms with van der Waals surface area (Å²) in [4.78, 5) is 23.2. The monoisotopic (exact) mass is 392 g/mol. The molecule has 0 atom stereocenters. The predicted molar refractivity (Wildman–Crippen MR) is 112 cm³/mol. The molecule has 6 nitrogen and oxygen atoms in total. The number of carbonyl (C=O) groups is 1. The minimum Gasteiger partial charge on any atom is -0.447 e. The van der Waals surface area contributed by atoms with Crippen LogP contribution in [0.1, 0.15) is 47.0 Å². The number of hydrogen-bond acceptors (Lipinski definition) is 5. The zero-order valence-corrected chi connectivity index (χ0v) is 17.3. The van der Waals surface area contributed by atoms with Crippen molar-refractivity contribution < 1.29 is 9.21 Å². The van der Waals surface area contributed by atoms with Crippen LogP contribution in [0.25, 0.3) is 0 Å². The lowest BCUT2D eigenvalue weighted by Crippen LogP contribution is -2.30. The average molecular weight is 393 g/mol. The van der Waals surface area contributed by atoms with Crippen molar-refractivity contribution in [2.24, 2.45) is 0 Å². The lowest BCUT2D eigenvalue weighted by Gasteiger charge is -2.25. The smallest absolute Gasteiger partial charge is 0.273 e. The van der Waals surface area contributed by atoms with Gasteiger partial charge in [0.25, 0.3) is 5.91 Å². The minimum atomic E-state index is -0.231. The van der Waals surface area contributed by atoms with E-state index < -0.39 is 0 Å². The van der Waals surface area contributed by atoms with Gasteiger partial charge in [0, 0.05) is 37.4 Å². The van der Waals surface area contributed by atoms with E-state index in [0.717, 1.165) is 12.2 Å². The molecule has 0 bridgehead atoms. The number of carbonyl (C=O) groups excluding carboxylic acids is 1. The molecule has 3 rings (SSSR count). The van der Waals surface area contributed by atoms with Crippen LogP contribution in [0, 0.1) is 6.92 Å². The van der Waals surface area contributed by atoms with Crippen molar-refractivity contribution in [2.75, 3.05) is 6.54 Å². The molecule has 1 amide bonds. The highest BCUT2D eigenvalue weighted by Gasteiger charge is 2.17. The van der Waals surface area contributed by atoms with Gasteiger partial charge in [-0.2, -0.15) is 0 Å². The second-order valence-corrected chi connectivity index (χ2v) is 7.38. The van der Waals surface area contributed by atoms with Gasteiger partial charge in [0.2, 0.25) is 5.89 Å². The third kappa shape index (κ3) is 5.99. The van der Waals surface area contributed by atoms with E-state index in [1.165, 1.54) is 17.4 Å². The van der Waals surface area contributed by atoms with Gasteiger partial charge in [-0.25, -0.2) is 4.98 Å². The predicted octanol–water partition coefficient (Wildman–Crippen LogP) is 3.76. The summed E-state index contributed by atoms with van der Waals surface area (Å²) in [6, 6.07) is 14.4. The normalized spacial score (nSPS) is 11.2. The van der Waals surface area contributed by atoms with E-state index in [-0.39, 0.29) is 5.91 Å². The third-order valence-corrected chi connectivity index (χ3v) is 4.88. The van der Waals surface area contributed by atoms with Crippen molar-refractivity contribution in [1.82, 2.24) is 20.2 Å². The molecule has 0 aliphatic rings. The molecule has 3 aromatic rings. The zero-order chi connectivity index (χ0) is 20.6. The molecule has 1 N–H and O–H groups in total. The fourth-order valence-corrected chi connectivity index (χ4v) is 3.03. The summed E-state index contributed by atoms with van der Waals surface area (Å²) in [6.45, 7) is 8.26. The van der Waals surface area contributed by atoms with Crippen molar-refractivity contribution in [1.29, 1.82) is 0 Å². The first-order valence-corrected chi connectivity index (χ1v) is 9.94. The van der Waals surface area contributed by atoms with Crippen LogP contribution in [0.2, 0.25) is 0 Å². The maximum atomic E-state index is 12.3. The van der Waals surface area contributed by atoms with Gasteiger partial charge in [0.1, 0.15) is 6.26 Å². The number of nitrogens with one attached hydrogen (secondary N) is 1. The van der Waals surface area contributed by atoms with Gasteiger partial charge >= 0.3 is 0 Å². The summed E-state index contributed by atoms with van der Waals surface area (Å²) in [6.07, 6.45) is 3.85. The fraction of sp³-hybridized carbons (Fsp3) is 0.348. The Labute approximate surface area is 172 Å². The molecular weight excluding hydrogens is 364 g/mol. The van der Waals surface area contributed by atoms with Crippen LogP contribution >= 0.6 is 0 Å². The Morgan fingerprint density at radius 3 is 2.66 bits per heavy atom. The quantitative estimate of drug-likeness (QED) is 0.600. The molecule has 152 valence electrons. The number of oxazole rings is 1. The standard InChI is InChI=1S/C23H28N4O2/c1-17(2)27(14-19-9-5-4-8-18(19)3)15-22-26-21(16-29-22)23(28)25-13-11-20-10-6-7-12-24-20/h4-10,12,16-17H,11,13-15H2,1-3H3,(H,25,28). The van der Waals surface area contributed by atoms with Gasteiger partial charge in [-0.1, -0.05) is 30.3 Å². The van der Waals surface area contributed by atoms with E-state index >= 15 is 0 Å². The molecule has 0 spiro atoms. The van der Waals surface area contributed by atoms with E-state index in [2.05, 4.69) is 59.2 Å². The van der Waals surface area contributed by atoms with Crippen molar-refractivity contribution >= 4 is 5.91 Å². The Kier molecular flexibility index (Phi) is 7.14. The number of pyridine rings is 1. The SMILES string of the molecule is Cc1ccccc1CN(Cc1nc(C(=O)NCCc2ccccn2)co1)C(C)C. The van der Waals surface area contributed by atoms with Gasteiger partial charge in [-0.15, -0.1) is 0 Å². The molecule has 0 unspecified atom stereocenters. The van der Waals surface area contributed by atoms with E-state index in [1.54, 1.807) is 6.20 Å². The molecule has 0 saturated heterocycles. The van der Waals surface area contributed by atoms with Gasteiger partial charge in [0.05, 0.1) is 6.54 Å². The van der Waals surface area contributed by atoms with Gasteiger partial charge in [-0.05, 0) is 44.0 Å². The molecule has 0 fully saturated rings. The molecule has 6 heteroatoms. The second kappa shape index (κ2) is 9.98. The van der Waals surface area contributed by atoms with Crippen LogP contribution in [0.5, 0.6) is 0 Å². The average Bonchev–Trinajstić information content (AvgIpc) is 3.18. The second-order valence-electron chi connectivity index (χ2n) is 7.38. The summed E-state index contributed by atoms with van der Waals surface area (Å²) in [5.41, 5.74) is 3.79. The van der Waals surface area contributed by atoms with Crippen LogP contribution in [0.3, 0.4) is 0 Å². The highest BCUT2D eigenvalue weighted by molar-refractivity contribution is 5.91. The lowest BCUT2D eigenvalue weighted by atomic mass is 10.1. The maximum absolute atomic E-state index is 12.3. The summed E-state index contributed by atoms with van der Waals surface area (Å²) in [7, 11) is 0. The molecule has 1 aromatic carbocycles. The van der Waals surface area contributed by atoms with Crippen LogP contribution in [0.15, 0.2) is 59.3 Å². The first-order chi connectivity index (χ1) is 14.0. The van der Waals surface area contributed by atoms with E-state index in [4.69, 9.17) is 4.42 Å². The molecule has 29 heavy (non-hydrogen) atoms.